The molecule has 0 spiro atoms. The summed E-state index contributed by atoms with van der Waals surface area (Å²) >= 11 is 0. The van der Waals surface area contributed by atoms with E-state index in [4.69, 9.17) is 28.4 Å². The Balaban J connectivity index is 2.20. The van der Waals surface area contributed by atoms with Crippen LogP contribution in [0.4, 0.5) is 0 Å². The van der Waals surface area contributed by atoms with Crippen molar-refractivity contribution < 1.29 is 63.5 Å². The molecule has 3 saturated heterocycles. The van der Waals surface area contributed by atoms with Crippen molar-refractivity contribution in [1.29, 1.82) is 0 Å². The third-order valence-corrected chi connectivity index (χ3v) is 12.0. The topological polar surface area (TPSA) is 194 Å². The van der Waals surface area contributed by atoms with Gasteiger partial charge in [0.05, 0.1) is 47.6 Å². The summed E-state index contributed by atoms with van der Waals surface area (Å²) in [6.45, 7) is 16.6. The van der Waals surface area contributed by atoms with Gasteiger partial charge in [-0.3, -0.25) is 9.59 Å². The molecule has 2 unspecified atom stereocenters. The number of rotatable bonds is 8. The second kappa shape index (κ2) is 17.7. The maximum Gasteiger partial charge on any atom is 0.311 e. The van der Waals surface area contributed by atoms with Crippen LogP contribution in [0.15, 0.2) is 0 Å². The molecule has 0 saturated carbocycles. The number of aliphatic hydroxyl groups is 5. The van der Waals surface area contributed by atoms with Gasteiger partial charge in [-0.2, -0.15) is 0 Å². The summed E-state index contributed by atoms with van der Waals surface area (Å²) in [6, 6.07) is -0.324. The molecule has 0 bridgehead atoms. The molecule has 18 atom stereocenters. The van der Waals surface area contributed by atoms with Gasteiger partial charge in [-0.15, -0.1) is 0 Å². The highest BCUT2D eigenvalue weighted by molar-refractivity contribution is 5.83. The van der Waals surface area contributed by atoms with E-state index in [9.17, 15) is 35.1 Å². The summed E-state index contributed by atoms with van der Waals surface area (Å²) in [5.41, 5.74) is -4.84. The Hall–Kier alpha value is -1.30. The molecular weight excluding hydrogens is 678 g/mol. The first-order chi connectivity index (χ1) is 23.9. The minimum absolute atomic E-state index is 0.0944. The lowest BCUT2D eigenvalue weighted by Crippen LogP contribution is -2.61. The van der Waals surface area contributed by atoms with E-state index in [2.05, 4.69) is 0 Å². The number of ether oxygens (including phenoxy) is 6. The molecule has 14 heteroatoms. The van der Waals surface area contributed by atoms with Crippen LogP contribution < -0.4 is 0 Å². The average molecular weight is 748 g/mol. The van der Waals surface area contributed by atoms with Crippen LogP contribution in [0.2, 0.25) is 0 Å². The Kier molecular flexibility index (Phi) is 15.3. The number of cyclic esters (lactones) is 1. The lowest BCUT2D eigenvalue weighted by Gasteiger charge is -2.49. The smallest absolute Gasteiger partial charge is 0.311 e. The number of hydrogen-bond donors (Lipinski definition) is 5. The van der Waals surface area contributed by atoms with Crippen LogP contribution in [-0.2, 0) is 38.0 Å². The second-order valence-electron chi connectivity index (χ2n) is 16.9. The molecule has 0 amide bonds. The molecule has 0 aromatic heterocycles. The number of methoxy groups -OCH3 is 1. The largest absolute Gasteiger partial charge is 0.459 e. The summed E-state index contributed by atoms with van der Waals surface area (Å²) in [4.78, 5) is 29.9. The van der Waals surface area contributed by atoms with Crippen LogP contribution in [0.5, 0.6) is 0 Å². The third kappa shape index (κ3) is 9.73. The van der Waals surface area contributed by atoms with Crippen molar-refractivity contribution in [2.45, 2.75) is 186 Å². The second-order valence-corrected chi connectivity index (χ2v) is 16.9. The molecule has 14 nitrogen and oxygen atoms in total. The number of ketones is 1. The number of aliphatic hydroxyl groups excluding tert-OH is 3. The fourth-order valence-electron chi connectivity index (χ4n) is 8.53. The van der Waals surface area contributed by atoms with Crippen LogP contribution in [0.3, 0.4) is 0 Å². The average Bonchev–Trinajstić information content (AvgIpc) is 3.06. The van der Waals surface area contributed by atoms with Gasteiger partial charge in [0.1, 0.15) is 29.7 Å². The number of hydrogen-bond acceptors (Lipinski definition) is 14. The van der Waals surface area contributed by atoms with Crippen LogP contribution in [-0.4, -0.2) is 148 Å². The molecule has 0 aliphatic carbocycles. The molecule has 3 aliphatic rings. The number of esters is 1. The van der Waals surface area contributed by atoms with E-state index in [-0.39, 0.29) is 31.4 Å². The van der Waals surface area contributed by atoms with E-state index in [0.29, 0.717) is 12.8 Å². The quantitative estimate of drug-likeness (QED) is 0.227. The van der Waals surface area contributed by atoms with Gasteiger partial charge in [-0.25, -0.2) is 0 Å². The zero-order chi connectivity index (χ0) is 39.7. The summed E-state index contributed by atoms with van der Waals surface area (Å²) in [5, 5.41) is 57.9. The Bertz CT molecular complexity index is 1180. The van der Waals surface area contributed by atoms with E-state index < -0.39 is 108 Å². The number of Topliss-reactive ketones (excluding diaryl/α,β-unsaturated/α-hetero) is 1. The zero-order valence-corrected chi connectivity index (χ0v) is 33.6. The highest BCUT2D eigenvalue weighted by Gasteiger charge is 2.53. The van der Waals surface area contributed by atoms with Gasteiger partial charge < -0.3 is 58.9 Å². The molecule has 304 valence electrons. The lowest BCUT2D eigenvalue weighted by molar-refractivity contribution is -0.318. The van der Waals surface area contributed by atoms with Crippen LogP contribution >= 0.6 is 0 Å². The van der Waals surface area contributed by atoms with E-state index in [1.165, 1.54) is 27.9 Å². The van der Waals surface area contributed by atoms with Crippen molar-refractivity contribution in [2.24, 2.45) is 23.7 Å². The van der Waals surface area contributed by atoms with Gasteiger partial charge >= 0.3 is 5.97 Å². The Morgan fingerprint density at radius 1 is 0.885 bits per heavy atom. The Morgan fingerprint density at radius 2 is 1.50 bits per heavy atom. The minimum atomic E-state index is -1.99. The van der Waals surface area contributed by atoms with Crippen LogP contribution in [0.25, 0.3) is 0 Å². The monoisotopic (exact) mass is 747 g/mol. The summed E-state index contributed by atoms with van der Waals surface area (Å²) in [7, 11) is 5.18. The molecule has 3 heterocycles. The fourth-order valence-corrected chi connectivity index (χ4v) is 8.53. The molecule has 0 aromatic carbocycles. The maximum atomic E-state index is 14.2. The summed E-state index contributed by atoms with van der Waals surface area (Å²) in [5.74, 6) is -4.96. The molecule has 5 N–H and O–H groups in total. The first kappa shape index (κ1) is 45.1. The first-order valence-corrected chi connectivity index (χ1v) is 19.0. The Morgan fingerprint density at radius 3 is 2.06 bits per heavy atom. The summed E-state index contributed by atoms with van der Waals surface area (Å²) < 4.78 is 37.2. The first-order valence-electron chi connectivity index (χ1n) is 19.0. The number of likely N-dealkylation sites (N-methyl/N-ethyl adjacent to an activating group) is 1. The number of carbonyl (C=O) groups is 2. The minimum Gasteiger partial charge on any atom is -0.459 e. The van der Waals surface area contributed by atoms with Crippen molar-refractivity contribution in [3.8, 4) is 0 Å². The molecular formula is C38H69NO13. The standard InChI is InChI=1S/C38H69NO13/c1-14-15-26-38(10,46)31(42)21(4)28(40)19(2)17-36(8,45)33(52-35-29(41)25(39(11)12)16-20(3)48-35)22(5)30(23(6)34(44)50-26)51-27-18-37(9,47-13)32(43)24(7)49-27/h19-27,29-33,35,41-43,45-46H,14-18H2,1-13H3/t19-,20-,21+,22+,23-,24+,25+,26?,27+,29-,30?,31-,32+,33-,35+,36-,37-,38-/m1/s1. The van der Waals surface area contributed by atoms with Gasteiger partial charge in [0, 0.05) is 37.3 Å². The lowest BCUT2D eigenvalue weighted by atomic mass is 9.74. The van der Waals surface area contributed by atoms with Crippen molar-refractivity contribution in [2.75, 3.05) is 21.2 Å². The van der Waals surface area contributed by atoms with Gasteiger partial charge in [0.15, 0.2) is 12.6 Å². The number of carbonyl (C=O) groups excluding carboxylic acids is 2. The van der Waals surface area contributed by atoms with E-state index in [0.717, 1.165) is 0 Å². The van der Waals surface area contributed by atoms with Gasteiger partial charge in [-0.1, -0.05) is 34.1 Å². The number of nitrogens with zero attached hydrogens (tertiary/aromatic N) is 1. The zero-order valence-electron chi connectivity index (χ0n) is 33.6. The third-order valence-electron chi connectivity index (χ3n) is 12.0. The predicted molar refractivity (Wildman–Crippen MR) is 191 cm³/mol. The van der Waals surface area contributed by atoms with Crippen molar-refractivity contribution in [1.82, 2.24) is 4.90 Å². The van der Waals surface area contributed by atoms with E-state index >= 15 is 0 Å². The molecule has 3 rings (SSSR count). The van der Waals surface area contributed by atoms with E-state index in [1.54, 1.807) is 34.6 Å². The van der Waals surface area contributed by atoms with E-state index in [1.807, 2.05) is 32.8 Å². The van der Waals surface area contributed by atoms with Crippen LogP contribution in [0.1, 0.15) is 101 Å². The van der Waals surface area contributed by atoms with Crippen molar-refractivity contribution in [3.63, 3.8) is 0 Å². The summed E-state index contributed by atoms with van der Waals surface area (Å²) in [6.07, 6.45) is -9.12. The van der Waals surface area contributed by atoms with Gasteiger partial charge in [-0.05, 0) is 74.9 Å². The predicted octanol–water partition coefficient (Wildman–Crippen LogP) is 2.18. The molecule has 3 aliphatic heterocycles. The van der Waals surface area contributed by atoms with Crippen molar-refractivity contribution in [3.05, 3.63) is 0 Å². The molecule has 0 radical (unpaired) electrons. The highest BCUT2D eigenvalue weighted by Crippen LogP contribution is 2.41. The molecule has 3 fully saturated rings. The van der Waals surface area contributed by atoms with Gasteiger partial charge in [0.25, 0.3) is 0 Å². The fraction of sp³-hybridized carbons (Fsp3) is 0.947. The highest BCUT2D eigenvalue weighted by atomic mass is 16.7. The van der Waals surface area contributed by atoms with Gasteiger partial charge in [0.2, 0.25) is 0 Å². The Labute approximate surface area is 310 Å². The van der Waals surface area contributed by atoms with Crippen molar-refractivity contribution >= 4 is 11.8 Å². The SMILES string of the molecule is CCCC1OC(=O)[C@H](C)C(O[C@H]2C[C@@](C)(OC)[C@@H](O)[C@H](C)O2)[C@H](C)[C@@H](O[C@@H]2O[C@H](C)C[C@H](N(C)C)[C@H]2O)[C@](C)(O)C[C@@H](C)C(=O)[C@H](C)[C@@H](O)[C@]1(C)O. The molecule has 0 aromatic rings. The normalized spacial score (nSPS) is 49.0. The maximum absolute atomic E-state index is 14.2. The molecule has 52 heavy (non-hydrogen) atoms. The van der Waals surface area contributed by atoms with Crippen LogP contribution in [0, 0.1) is 23.7 Å².